The minimum absolute atomic E-state index is 0.0650. The Bertz CT molecular complexity index is 319. The van der Waals surface area contributed by atoms with Crippen LogP contribution >= 0.6 is 0 Å². The molecule has 18 heavy (non-hydrogen) atoms. The van der Waals surface area contributed by atoms with E-state index in [2.05, 4.69) is 6.07 Å². The fourth-order valence-corrected chi connectivity index (χ4v) is 5.07. The summed E-state index contributed by atoms with van der Waals surface area (Å²) in [6, 6.07) is 2.77. The summed E-state index contributed by atoms with van der Waals surface area (Å²) in [5, 5.41) is 9.74. The summed E-state index contributed by atoms with van der Waals surface area (Å²) < 4.78 is 0. The lowest BCUT2D eigenvalue weighted by molar-refractivity contribution is 0.186. The molecule has 0 amide bonds. The fraction of sp³-hybridized carbons (Fsp3) is 0.941. The first-order chi connectivity index (χ1) is 8.81. The second-order valence-electron chi connectivity index (χ2n) is 7.30. The van der Waals surface area contributed by atoms with Crippen LogP contribution in [-0.2, 0) is 0 Å². The highest BCUT2D eigenvalue weighted by atomic mass is 14.5. The average Bonchev–Trinajstić information content (AvgIpc) is 2.95. The van der Waals surface area contributed by atoms with Crippen molar-refractivity contribution in [2.45, 2.75) is 77.0 Å². The van der Waals surface area contributed by atoms with Crippen LogP contribution in [0.25, 0.3) is 0 Å². The SMILES string of the molecule is N#CC1(CC2CC3CCC2C3)CCCCCCC1. The van der Waals surface area contributed by atoms with Crippen LogP contribution in [0.1, 0.15) is 77.0 Å². The van der Waals surface area contributed by atoms with E-state index in [1.807, 2.05) is 0 Å². The summed E-state index contributed by atoms with van der Waals surface area (Å²) >= 11 is 0. The highest BCUT2D eigenvalue weighted by molar-refractivity contribution is 5.03. The number of nitriles is 1. The maximum Gasteiger partial charge on any atom is 0.0689 e. The van der Waals surface area contributed by atoms with Gasteiger partial charge < -0.3 is 0 Å². The summed E-state index contributed by atoms with van der Waals surface area (Å²) in [7, 11) is 0. The van der Waals surface area contributed by atoms with Crippen LogP contribution in [0.15, 0.2) is 0 Å². The molecule has 3 unspecified atom stereocenters. The second-order valence-corrected chi connectivity index (χ2v) is 7.30. The monoisotopic (exact) mass is 245 g/mol. The van der Waals surface area contributed by atoms with Crippen molar-refractivity contribution in [1.29, 1.82) is 5.26 Å². The van der Waals surface area contributed by atoms with Gasteiger partial charge in [0.05, 0.1) is 11.5 Å². The number of nitrogens with zero attached hydrogens (tertiary/aromatic N) is 1. The Balaban J connectivity index is 1.65. The molecule has 3 aliphatic rings. The van der Waals surface area contributed by atoms with Crippen molar-refractivity contribution in [2.24, 2.45) is 23.2 Å². The molecule has 2 bridgehead atoms. The standard InChI is InChI=1S/C17H27N/c18-13-17(8-4-2-1-3-5-9-17)12-16-11-14-6-7-15(16)10-14/h14-16H,1-12H2. The quantitative estimate of drug-likeness (QED) is 0.666. The molecule has 1 heteroatoms. The third kappa shape index (κ3) is 2.44. The van der Waals surface area contributed by atoms with E-state index in [9.17, 15) is 5.26 Å². The van der Waals surface area contributed by atoms with Gasteiger partial charge in [-0.15, -0.1) is 0 Å². The third-order valence-electron chi connectivity index (χ3n) is 6.09. The average molecular weight is 245 g/mol. The van der Waals surface area contributed by atoms with Gasteiger partial charge in [-0.2, -0.15) is 5.26 Å². The van der Waals surface area contributed by atoms with Crippen LogP contribution in [-0.4, -0.2) is 0 Å². The summed E-state index contributed by atoms with van der Waals surface area (Å²) in [4.78, 5) is 0. The summed E-state index contributed by atoms with van der Waals surface area (Å²) in [6.45, 7) is 0. The minimum atomic E-state index is 0.0650. The molecule has 0 aliphatic heterocycles. The second kappa shape index (κ2) is 5.24. The molecular formula is C17H27N. The third-order valence-corrected chi connectivity index (χ3v) is 6.09. The summed E-state index contributed by atoms with van der Waals surface area (Å²) in [5.74, 6) is 2.93. The molecule has 3 fully saturated rings. The Hall–Kier alpha value is -0.510. The van der Waals surface area contributed by atoms with Crippen molar-refractivity contribution in [3.05, 3.63) is 0 Å². The largest absolute Gasteiger partial charge is 0.198 e. The smallest absolute Gasteiger partial charge is 0.0689 e. The molecule has 0 spiro atoms. The predicted molar refractivity (Wildman–Crippen MR) is 73.9 cm³/mol. The zero-order valence-electron chi connectivity index (χ0n) is 11.7. The molecule has 0 saturated heterocycles. The van der Waals surface area contributed by atoms with Gasteiger partial charge in [0.15, 0.2) is 0 Å². The lowest BCUT2D eigenvalue weighted by atomic mass is 9.69. The van der Waals surface area contributed by atoms with E-state index in [1.54, 1.807) is 0 Å². The predicted octanol–water partition coefficient (Wildman–Crippen LogP) is 5.07. The lowest BCUT2D eigenvalue weighted by Crippen LogP contribution is -2.26. The van der Waals surface area contributed by atoms with Crippen LogP contribution < -0.4 is 0 Å². The van der Waals surface area contributed by atoms with Gasteiger partial charge in [0, 0.05) is 0 Å². The topological polar surface area (TPSA) is 23.8 Å². The van der Waals surface area contributed by atoms with E-state index in [4.69, 9.17) is 0 Å². The number of fused-ring (bicyclic) bond motifs is 2. The Morgan fingerprint density at radius 3 is 2.22 bits per heavy atom. The van der Waals surface area contributed by atoms with Crippen LogP contribution in [0.2, 0.25) is 0 Å². The lowest BCUT2D eigenvalue weighted by Gasteiger charge is -2.34. The molecular weight excluding hydrogens is 218 g/mol. The van der Waals surface area contributed by atoms with Gasteiger partial charge in [0.2, 0.25) is 0 Å². The van der Waals surface area contributed by atoms with Gasteiger partial charge in [0.25, 0.3) is 0 Å². The molecule has 3 aliphatic carbocycles. The highest BCUT2D eigenvalue weighted by Gasteiger charge is 2.43. The Morgan fingerprint density at radius 1 is 0.944 bits per heavy atom. The van der Waals surface area contributed by atoms with E-state index < -0.39 is 0 Å². The van der Waals surface area contributed by atoms with Crippen molar-refractivity contribution in [3.63, 3.8) is 0 Å². The molecule has 3 atom stereocenters. The molecule has 0 aromatic carbocycles. The van der Waals surface area contributed by atoms with Crippen molar-refractivity contribution < 1.29 is 0 Å². The van der Waals surface area contributed by atoms with E-state index in [0.717, 1.165) is 17.8 Å². The first kappa shape index (κ1) is 12.5. The van der Waals surface area contributed by atoms with Crippen LogP contribution in [0.5, 0.6) is 0 Å². The molecule has 0 N–H and O–H groups in total. The van der Waals surface area contributed by atoms with E-state index in [-0.39, 0.29) is 5.41 Å². The summed E-state index contributed by atoms with van der Waals surface area (Å²) in [6.07, 6.45) is 16.2. The molecule has 3 saturated carbocycles. The van der Waals surface area contributed by atoms with Gasteiger partial charge >= 0.3 is 0 Å². The molecule has 100 valence electrons. The van der Waals surface area contributed by atoms with Crippen LogP contribution in [0.3, 0.4) is 0 Å². The van der Waals surface area contributed by atoms with Crippen LogP contribution in [0, 0.1) is 34.5 Å². The molecule has 0 aromatic heterocycles. The van der Waals surface area contributed by atoms with Gasteiger partial charge in [0.1, 0.15) is 0 Å². The van der Waals surface area contributed by atoms with Gasteiger partial charge in [-0.05, 0) is 56.3 Å². The maximum absolute atomic E-state index is 9.74. The van der Waals surface area contributed by atoms with Crippen molar-refractivity contribution in [3.8, 4) is 6.07 Å². The zero-order chi connectivity index (χ0) is 12.4. The number of hydrogen-bond acceptors (Lipinski definition) is 1. The molecule has 0 heterocycles. The molecule has 0 radical (unpaired) electrons. The van der Waals surface area contributed by atoms with Gasteiger partial charge in [-0.25, -0.2) is 0 Å². The Kier molecular flexibility index (Phi) is 3.64. The van der Waals surface area contributed by atoms with E-state index in [0.29, 0.717) is 0 Å². The van der Waals surface area contributed by atoms with Crippen LogP contribution in [0.4, 0.5) is 0 Å². The first-order valence-corrected chi connectivity index (χ1v) is 8.23. The van der Waals surface area contributed by atoms with Crippen molar-refractivity contribution >= 4 is 0 Å². The van der Waals surface area contributed by atoms with Crippen molar-refractivity contribution in [1.82, 2.24) is 0 Å². The number of hydrogen-bond donors (Lipinski definition) is 0. The molecule has 3 rings (SSSR count). The molecule has 1 nitrogen and oxygen atoms in total. The van der Waals surface area contributed by atoms with Crippen molar-refractivity contribution in [2.75, 3.05) is 0 Å². The number of rotatable bonds is 2. The Labute approximate surface area is 112 Å². The maximum atomic E-state index is 9.74. The van der Waals surface area contributed by atoms with E-state index >= 15 is 0 Å². The van der Waals surface area contributed by atoms with Gasteiger partial charge in [-0.1, -0.05) is 38.5 Å². The first-order valence-electron chi connectivity index (χ1n) is 8.23. The Morgan fingerprint density at radius 2 is 1.67 bits per heavy atom. The summed E-state index contributed by atoms with van der Waals surface area (Å²) in [5.41, 5.74) is 0.0650. The fourth-order valence-electron chi connectivity index (χ4n) is 5.07. The van der Waals surface area contributed by atoms with Gasteiger partial charge in [-0.3, -0.25) is 0 Å². The van der Waals surface area contributed by atoms with E-state index in [1.165, 1.54) is 77.0 Å². The zero-order valence-corrected chi connectivity index (χ0v) is 11.7. The minimum Gasteiger partial charge on any atom is -0.198 e. The highest BCUT2D eigenvalue weighted by Crippen LogP contribution is 2.53. The molecule has 0 aromatic rings. The normalized spacial score (nSPS) is 38.9.